The van der Waals surface area contributed by atoms with Gasteiger partial charge in [-0.15, -0.1) is 0 Å². The fourth-order valence-corrected chi connectivity index (χ4v) is 2.46. The molecule has 0 amide bonds. The molecule has 2 aliphatic rings. The summed E-state index contributed by atoms with van der Waals surface area (Å²) in [7, 11) is 0. The molecule has 0 aromatic heterocycles. The second-order valence-electron chi connectivity index (χ2n) is 6.23. The highest BCUT2D eigenvalue weighted by molar-refractivity contribution is 4.88. The first-order valence-corrected chi connectivity index (χ1v) is 7.30. The van der Waals surface area contributed by atoms with Crippen LogP contribution in [0, 0.1) is 5.92 Å². The Morgan fingerprint density at radius 3 is 2.41 bits per heavy atom. The van der Waals surface area contributed by atoms with Gasteiger partial charge in [-0.3, -0.25) is 0 Å². The smallest absolute Gasteiger partial charge is 0.0585 e. The SMILES string of the molecule is CC(C)CN(CCC(CO)NC1CC1)C1CC1. The Balaban J connectivity index is 1.68. The van der Waals surface area contributed by atoms with Crippen LogP contribution in [-0.4, -0.2) is 47.8 Å². The first-order valence-electron chi connectivity index (χ1n) is 7.30. The molecule has 0 aromatic carbocycles. The summed E-state index contributed by atoms with van der Waals surface area (Å²) in [6.45, 7) is 7.24. The molecule has 100 valence electrons. The Kier molecular flexibility index (Phi) is 4.83. The van der Waals surface area contributed by atoms with Crippen molar-refractivity contribution in [3.05, 3.63) is 0 Å². The van der Waals surface area contributed by atoms with E-state index >= 15 is 0 Å². The highest BCUT2D eigenvalue weighted by Crippen LogP contribution is 2.28. The zero-order valence-corrected chi connectivity index (χ0v) is 11.4. The van der Waals surface area contributed by atoms with Gasteiger partial charge in [0.05, 0.1) is 6.61 Å². The molecule has 3 nitrogen and oxygen atoms in total. The molecule has 0 saturated heterocycles. The maximum Gasteiger partial charge on any atom is 0.0585 e. The van der Waals surface area contributed by atoms with Crippen LogP contribution in [0.5, 0.6) is 0 Å². The maximum absolute atomic E-state index is 9.37. The summed E-state index contributed by atoms with van der Waals surface area (Å²) in [5, 5.41) is 12.9. The molecule has 0 heterocycles. The number of aliphatic hydroxyl groups is 1. The van der Waals surface area contributed by atoms with Crippen LogP contribution >= 0.6 is 0 Å². The van der Waals surface area contributed by atoms with Crippen LogP contribution in [0.25, 0.3) is 0 Å². The van der Waals surface area contributed by atoms with Crippen LogP contribution in [-0.2, 0) is 0 Å². The number of nitrogens with one attached hydrogen (secondary N) is 1. The lowest BCUT2D eigenvalue weighted by Gasteiger charge is -2.26. The third-order valence-electron chi connectivity index (χ3n) is 3.70. The Labute approximate surface area is 106 Å². The minimum Gasteiger partial charge on any atom is -0.395 e. The molecule has 2 N–H and O–H groups in total. The van der Waals surface area contributed by atoms with Crippen LogP contribution in [0.4, 0.5) is 0 Å². The van der Waals surface area contributed by atoms with Gasteiger partial charge < -0.3 is 15.3 Å². The van der Waals surface area contributed by atoms with Crippen molar-refractivity contribution in [3.8, 4) is 0 Å². The first-order chi connectivity index (χ1) is 8.19. The lowest BCUT2D eigenvalue weighted by molar-refractivity contribution is 0.189. The zero-order chi connectivity index (χ0) is 12.3. The van der Waals surface area contributed by atoms with Gasteiger partial charge in [0.25, 0.3) is 0 Å². The van der Waals surface area contributed by atoms with E-state index in [1.807, 2.05) is 0 Å². The molecule has 17 heavy (non-hydrogen) atoms. The number of hydrogen-bond donors (Lipinski definition) is 2. The van der Waals surface area contributed by atoms with E-state index in [-0.39, 0.29) is 6.61 Å². The van der Waals surface area contributed by atoms with E-state index in [2.05, 4.69) is 24.1 Å². The second-order valence-corrected chi connectivity index (χ2v) is 6.23. The van der Waals surface area contributed by atoms with Crippen molar-refractivity contribution in [2.75, 3.05) is 19.7 Å². The summed E-state index contributed by atoms with van der Waals surface area (Å²) >= 11 is 0. The van der Waals surface area contributed by atoms with Crippen LogP contribution < -0.4 is 5.32 Å². The Morgan fingerprint density at radius 1 is 1.24 bits per heavy atom. The molecule has 0 aliphatic heterocycles. The quantitative estimate of drug-likeness (QED) is 0.643. The molecular weight excluding hydrogens is 212 g/mol. The topological polar surface area (TPSA) is 35.5 Å². The summed E-state index contributed by atoms with van der Waals surface area (Å²) in [5.74, 6) is 0.750. The molecule has 0 radical (unpaired) electrons. The summed E-state index contributed by atoms with van der Waals surface area (Å²) in [4.78, 5) is 2.63. The predicted octanol–water partition coefficient (Wildman–Crippen LogP) is 1.61. The van der Waals surface area contributed by atoms with Crippen molar-refractivity contribution in [2.24, 2.45) is 5.92 Å². The van der Waals surface area contributed by atoms with Gasteiger partial charge in [0.2, 0.25) is 0 Å². The molecule has 2 saturated carbocycles. The van der Waals surface area contributed by atoms with Gasteiger partial charge in [-0.25, -0.2) is 0 Å². The van der Waals surface area contributed by atoms with Crippen molar-refractivity contribution >= 4 is 0 Å². The average molecular weight is 240 g/mol. The molecule has 1 atom stereocenters. The molecule has 3 heteroatoms. The third-order valence-corrected chi connectivity index (χ3v) is 3.70. The minimum atomic E-state index is 0.288. The summed E-state index contributed by atoms with van der Waals surface area (Å²) in [5.41, 5.74) is 0. The Bertz CT molecular complexity index is 224. The molecule has 0 aromatic rings. The fraction of sp³-hybridized carbons (Fsp3) is 1.00. The van der Waals surface area contributed by atoms with E-state index in [1.54, 1.807) is 0 Å². The number of hydrogen-bond acceptors (Lipinski definition) is 3. The Hall–Kier alpha value is -0.120. The molecule has 0 bridgehead atoms. The van der Waals surface area contributed by atoms with Gasteiger partial charge >= 0.3 is 0 Å². The monoisotopic (exact) mass is 240 g/mol. The maximum atomic E-state index is 9.37. The van der Waals surface area contributed by atoms with Crippen molar-refractivity contribution in [3.63, 3.8) is 0 Å². The predicted molar refractivity (Wildman–Crippen MR) is 71.1 cm³/mol. The summed E-state index contributed by atoms with van der Waals surface area (Å²) < 4.78 is 0. The number of rotatable bonds is 9. The molecule has 1 unspecified atom stereocenters. The number of nitrogens with zero attached hydrogens (tertiary/aromatic N) is 1. The van der Waals surface area contributed by atoms with Gasteiger partial charge in [-0.2, -0.15) is 0 Å². The van der Waals surface area contributed by atoms with E-state index in [4.69, 9.17) is 0 Å². The van der Waals surface area contributed by atoms with Crippen molar-refractivity contribution in [1.82, 2.24) is 10.2 Å². The van der Waals surface area contributed by atoms with Crippen molar-refractivity contribution in [2.45, 2.75) is 64.1 Å². The van der Waals surface area contributed by atoms with Crippen LogP contribution in [0.3, 0.4) is 0 Å². The average Bonchev–Trinajstić information content (AvgIpc) is 3.15. The molecule has 2 rings (SSSR count). The van der Waals surface area contributed by atoms with Crippen molar-refractivity contribution in [1.29, 1.82) is 0 Å². The third kappa shape index (κ3) is 4.94. The van der Waals surface area contributed by atoms with E-state index in [9.17, 15) is 5.11 Å². The van der Waals surface area contributed by atoms with Gasteiger partial charge in [0.15, 0.2) is 0 Å². The van der Waals surface area contributed by atoms with E-state index in [0.29, 0.717) is 12.1 Å². The summed E-state index contributed by atoms with van der Waals surface area (Å²) in [6.07, 6.45) is 6.46. The highest BCUT2D eigenvalue weighted by atomic mass is 16.3. The zero-order valence-electron chi connectivity index (χ0n) is 11.4. The second kappa shape index (κ2) is 6.17. The van der Waals surface area contributed by atoms with Crippen LogP contribution in [0.1, 0.15) is 46.0 Å². The van der Waals surface area contributed by atoms with E-state index in [0.717, 1.165) is 24.9 Å². The van der Waals surface area contributed by atoms with Gasteiger partial charge in [-0.1, -0.05) is 13.8 Å². The highest BCUT2D eigenvalue weighted by Gasteiger charge is 2.30. The van der Waals surface area contributed by atoms with Gasteiger partial charge in [0, 0.05) is 31.2 Å². The summed E-state index contributed by atoms with van der Waals surface area (Å²) in [6, 6.07) is 1.86. The fourth-order valence-electron chi connectivity index (χ4n) is 2.46. The van der Waals surface area contributed by atoms with Crippen LogP contribution in [0.2, 0.25) is 0 Å². The van der Waals surface area contributed by atoms with E-state index < -0.39 is 0 Å². The molecule has 0 spiro atoms. The number of aliphatic hydroxyl groups excluding tert-OH is 1. The van der Waals surface area contributed by atoms with Crippen molar-refractivity contribution < 1.29 is 5.11 Å². The van der Waals surface area contributed by atoms with E-state index in [1.165, 1.54) is 32.2 Å². The standard InChI is InChI=1S/C14H28N2O/c1-11(2)9-16(14-5-6-14)8-7-13(10-17)15-12-3-4-12/h11-15,17H,3-10H2,1-2H3. The lowest BCUT2D eigenvalue weighted by atomic mass is 10.1. The molecule has 2 fully saturated rings. The van der Waals surface area contributed by atoms with Gasteiger partial charge in [0.1, 0.15) is 0 Å². The Morgan fingerprint density at radius 2 is 1.94 bits per heavy atom. The first kappa shape index (κ1) is 13.3. The molecular formula is C14H28N2O. The largest absolute Gasteiger partial charge is 0.395 e. The van der Waals surface area contributed by atoms with Crippen LogP contribution in [0.15, 0.2) is 0 Å². The lowest BCUT2D eigenvalue weighted by Crippen LogP contribution is -2.39. The molecule has 2 aliphatic carbocycles. The van der Waals surface area contributed by atoms with Gasteiger partial charge in [-0.05, 0) is 38.0 Å². The minimum absolute atomic E-state index is 0.288. The normalized spacial score (nSPS) is 22.4.